The lowest BCUT2D eigenvalue weighted by atomic mass is 9.94. The number of nitrogens with zero attached hydrogens (tertiary/aromatic N) is 1. The van der Waals surface area contributed by atoms with Crippen molar-refractivity contribution < 1.29 is 14.3 Å². The predicted molar refractivity (Wildman–Crippen MR) is 117 cm³/mol. The van der Waals surface area contributed by atoms with E-state index in [-0.39, 0.29) is 12.3 Å². The molecule has 2 aromatic rings. The average Bonchev–Trinajstić information content (AvgIpc) is 2.75. The molecule has 5 nitrogen and oxygen atoms in total. The zero-order valence-electron chi connectivity index (χ0n) is 17.7. The lowest BCUT2D eigenvalue weighted by Crippen LogP contribution is -2.33. The van der Waals surface area contributed by atoms with Gasteiger partial charge in [-0.2, -0.15) is 0 Å². The van der Waals surface area contributed by atoms with Gasteiger partial charge in [-0.1, -0.05) is 37.5 Å². The van der Waals surface area contributed by atoms with E-state index in [1.165, 1.54) is 32.1 Å². The molecular weight excluding hydrogens is 364 g/mol. The zero-order chi connectivity index (χ0) is 20.6. The molecule has 1 aliphatic rings. The second kappa shape index (κ2) is 10.3. The van der Waals surface area contributed by atoms with E-state index in [0.717, 1.165) is 23.4 Å². The third kappa shape index (κ3) is 5.73. The lowest BCUT2D eigenvalue weighted by Gasteiger charge is -2.31. The molecule has 0 saturated heterocycles. The van der Waals surface area contributed by atoms with Crippen LogP contribution in [0.1, 0.15) is 43.2 Å². The van der Waals surface area contributed by atoms with Gasteiger partial charge in [-0.15, -0.1) is 0 Å². The fourth-order valence-electron chi connectivity index (χ4n) is 4.09. The molecule has 156 valence electrons. The lowest BCUT2D eigenvalue weighted by molar-refractivity contribution is -0.115. The molecule has 0 aliphatic heterocycles. The van der Waals surface area contributed by atoms with Gasteiger partial charge in [0.05, 0.1) is 20.6 Å². The summed E-state index contributed by atoms with van der Waals surface area (Å²) in [5.74, 6) is 1.33. The van der Waals surface area contributed by atoms with Gasteiger partial charge < -0.3 is 14.8 Å². The molecule has 1 N–H and O–H groups in total. The van der Waals surface area contributed by atoms with Crippen LogP contribution in [0.15, 0.2) is 42.5 Å². The van der Waals surface area contributed by atoms with E-state index in [1.54, 1.807) is 14.2 Å². The highest BCUT2D eigenvalue weighted by molar-refractivity contribution is 5.93. The summed E-state index contributed by atoms with van der Waals surface area (Å²) >= 11 is 0. The first-order chi connectivity index (χ1) is 14.1. The highest BCUT2D eigenvalue weighted by atomic mass is 16.5. The van der Waals surface area contributed by atoms with Gasteiger partial charge in [0.25, 0.3) is 0 Å². The Labute approximate surface area is 174 Å². The van der Waals surface area contributed by atoms with E-state index < -0.39 is 0 Å². The number of methoxy groups -OCH3 is 2. The minimum atomic E-state index is -0.0654. The molecule has 0 unspecified atom stereocenters. The Morgan fingerprint density at radius 2 is 1.79 bits per heavy atom. The van der Waals surface area contributed by atoms with E-state index in [0.29, 0.717) is 17.5 Å². The van der Waals surface area contributed by atoms with Crippen molar-refractivity contribution in [1.82, 2.24) is 4.90 Å². The summed E-state index contributed by atoms with van der Waals surface area (Å²) in [6, 6.07) is 14.2. The summed E-state index contributed by atoms with van der Waals surface area (Å²) in [6.07, 6.45) is 6.74. The number of hydrogen-bond acceptors (Lipinski definition) is 4. The Morgan fingerprint density at radius 1 is 1.03 bits per heavy atom. The number of benzene rings is 2. The van der Waals surface area contributed by atoms with Crippen molar-refractivity contribution >= 4 is 11.6 Å². The molecule has 0 radical (unpaired) electrons. The van der Waals surface area contributed by atoms with Gasteiger partial charge in [0.1, 0.15) is 11.5 Å². The SMILES string of the molecule is COc1ccc(OC)c(CC(=O)Nc2ccccc2CN(C)C2CCCCC2)c1. The average molecular weight is 397 g/mol. The van der Waals surface area contributed by atoms with Crippen LogP contribution in [-0.4, -0.2) is 38.1 Å². The largest absolute Gasteiger partial charge is 0.497 e. The summed E-state index contributed by atoms with van der Waals surface area (Å²) in [5.41, 5.74) is 2.83. The molecule has 0 bridgehead atoms. The molecule has 0 spiro atoms. The summed E-state index contributed by atoms with van der Waals surface area (Å²) in [7, 11) is 5.42. The van der Waals surface area contributed by atoms with Crippen molar-refractivity contribution in [3.63, 3.8) is 0 Å². The standard InChI is InChI=1S/C24H32N2O3/c1-26(20-10-5-4-6-11-20)17-18-9-7-8-12-22(18)25-24(27)16-19-15-21(28-2)13-14-23(19)29-3/h7-9,12-15,20H,4-6,10-11,16-17H2,1-3H3,(H,25,27). The molecule has 1 fully saturated rings. The number of carbonyl (C=O) groups is 1. The summed E-state index contributed by atoms with van der Waals surface area (Å²) in [4.78, 5) is 15.2. The molecule has 1 aliphatic carbocycles. The number of nitrogens with one attached hydrogen (secondary N) is 1. The van der Waals surface area contributed by atoms with Crippen LogP contribution >= 0.6 is 0 Å². The highest BCUT2D eigenvalue weighted by Gasteiger charge is 2.19. The molecule has 5 heteroatoms. The van der Waals surface area contributed by atoms with Crippen molar-refractivity contribution in [1.29, 1.82) is 0 Å². The molecule has 1 saturated carbocycles. The van der Waals surface area contributed by atoms with Gasteiger partial charge in [0, 0.05) is 23.8 Å². The smallest absolute Gasteiger partial charge is 0.228 e. The number of carbonyl (C=O) groups excluding carboxylic acids is 1. The van der Waals surface area contributed by atoms with Crippen LogP contribution in [0.5, 0.6) is 11.5 Å². The van der Waals surface area contributed by atoms with Crippen LogP contribution in [0.25, 0.3) is 0 Å². The Bertz CT molecular complexity index is 816. The van der Waals surface area contributed by atoms with Gasteiger partial charge in [-0.05, 0) is 49.7 Å². The van der Waals surface area contributed by atoms with Gasteiger partial charge in [-0.25, -0.2) is 0 Å². The maximum Gasteiger partial charge on any atom is 0.228 e. The van der Waals surface area contributed by atoms with Crippen LogP contribution in [0.2, 0.25) is 0 Å². The van der Waals surface area contributed by atoms with Crippen molar-refractivity contribution in [3.05, 3.63) is 53.6 Å². The Kier molecular flexibility index (Phi) is 7.53. The van der Waals surface area contributed by atoms with Gasteiger partial charge >= 0.3 is 0 Å². The van der Waals surface area contributed by atoms with E-state index in [1.807, 2.05) is 36.4 Å². The van der Waals surface area contributed by atoms with Crippen molar-refractivity contribution in [2.75, 3.05) is 26.6 Å². The Balaban J connectivity index is 1.68. The van der Waals surface area contributed by atoms with Crippen LogP contribution in [0.3, 0.4) is 0 Å². The second-order valence-corrected chi connectivity index (χ2v) is 7.77. The fraction of sp³-hybridized carbons (Fsp3) is 0.458. The Morgan fingerprint density at radius 3 is 2.52 bits per heavy atom. The van der Waals surface area contributed by atoms with E-state index in [2.05, 4.69) is 23.3 Å². The number of amides is 1. The van der Waals surface area contributed by atoms with Crippen molar-refractivity contribution in [2.45, 2.75) is 51.1 Å². The minimum absolute atomic E-state index is 0.0654. The quantitative estimate of drug-likeness (QED) is 0.706. The number of hydrogen-bond donors (Lipinski definition) is 1. The molecule has 0 aromatic heterocycles. The molecule has 29 heavy (non-hydrogen) atoms. The molecule has 0 atom stereocenters. The van der Waals surface area contributed by atoms with Crippen LogP contribution in [-0.2, 0) is 17.8 Å². The molecule has 1 amide bonds. The maximum atomic E-state index is 12.8. The predicted octanol–water partition coefficient (Wildman–Crippen LogP) is 4.65. The van der Waals surface area contributed by atoms with Crippen LogP contribution < -0.4 is 14.8 Å². The van der Waals surface area contributed by atoms with E-state index in [4.69, 9.17) is 9.47 Å². The zero-order valence-corrected chi connectivity index (χ0v) is 17.7. The van der Waals surface area contributed by atoms with Crippen LogP contribution in [0, 0.1) is 0 Å². The topological polar surface area (TPSA) is 50.8 Å². The van der Waals surface area contributed by atoms with Crippen molar-refractivity contribution in [2.24, 2.45) is 0 Å². The molecular formula is C24H32N2O3. The first kappa shape index (κ1) is 21.2. The van der Waals surface area contributed by atoms with Gasteiger partial charge in [0.15, 0.2) is 0 Å². The number of rotatable bonds is 8. The minimum Gasteiger partial charge on any atom is -0.497 e. The number of anilines is 1. The van der Waals surface area contributed by atoms with E-state index >= 15 is 0 Å². The molecule has 3 rings (SSSR count). The van der Waals surface area contributed by atoms with Gasteiger partial charge in [0.2, 0.25) is 5.91 Å². The van der Waals surface area contributed by atoms with Gasteiger partial charge in [-0.3, -0.25) is 9.69 Å². The highest BCUT2D eigenvalue weighted by Crippen LogP contribution is 2.27. The summed E-state index contributed by atoms with van der Waals surface area (Å²) < 4.78 is 10.7. The molecule has 2 aromatic carbocycles. The normalized spacial score (nSPS) is 14.6. The third-order valence-electron chi connectivity index (χ3n) is 5.75. The first-order valence-electron chi connectivity index (χ1n) is 10.4. The number of ether oxygens (including phenoxy) is 2. The Hall–Kier alpha value is -2.53. The van der Waals surface area contributed by atoms with Crippen molar-refractivity contribution in [3.8, 4) is 11.5 Å². The monoisotopic (exact) mass is 396 g/mol. The molecule has 0 heterocycles. The van der Waals surface area contributed by atoms with E-state index in [9.17, 15) is 4.79 Å². The maximum absolute atomic E-state index is 12.8. The summed E-state index contributed by atoms with van der Waals surface area (Å²) in [5, 5.41) is 3.09. The van der Waals surface area contributed by atoms with Crippen LogP contribution in [0.4, 0.5) is 5.69 Å². The summed E-state index contributed by atoms with van der Waals surface area (Å²) in [6.45, 7) is 0.837. The third-order valence-corrected chi connectivity index (χ3v) is 5.75. The number of para-hydroxylation sites is 1. The second-order valence-electron chi connectivity index (χ2n) is 7.77. The fourth-order valence-corrected chi connectivity index (χ4v) is 4.09. The first-order valence-corrected chi connectivity index (χ1v) is 10.4.